The summed E-state index contributed by atoms with van der Waals surface area (Å²) in [6, 6.07) is 9.04. The number of carbonyl (C=O) groups is 1. The molecule has 2 atom stereocenters. The zero-order valence-electron chi connectivity index (χ0n) is 9.26. The highest BCUT2D eigenvalue weighted by Gasteiger charge is 2.41. The van der Waals surface area contributed by atoms with Crippen LogP contribution in [0.5, 0.6) is 0 Å². The van der Waals surface area contributed by atoms with Gasteiger partial charge < -0.3 is 10.2 Å². The van der Waals surface area contributed by atoms with Crippen molar-refractivity contribution in [2.75, 3.05) is 0 Å². The third-order valence-corrected chi connectivity index (χ3v) is 2.82. The summed E-state index contributed by atoms with van der Waals surface area (Å²) in [6.07, 6.45) is 1.61. The van der Waals surface area contributed by atoms with Crippen molar-refractivity contribution in [3.8, 4) is 0 Å². The van der Waals surface area contributed by atoms with Gasteiger partial charge in [-0.25, -0.2) is 4.79 Å². The van der Waals surface area contributed by atoms with Crippen LogP contribution < -0.4 is 0 Å². The van der Waals surface area contributed by atoms with Gasteiger partial charge in [0.25, 0.3) is 0 Å². The first-order chi connectivity index (χ1) is 7.56. The van der Waals surface area contributed by atoms with Crippen molar-refractivity contribution in [2.45, 2.75) is 24.9 Å². The Morgan fingerprint density at radius 3 is 2.44 bits per heavy atom. The Labute approximate surface area is 95.0 Å². The average molecular weight is 220 g/mol. The lowest BCUT2D eigenvalue weighted by molar-refractivity contribution is -0.160. The molecule has 1 rings (SSSR count). The molecule has 0 bridgehead atoms. The van der Waals surface area contributed by atoms with Gasteiger partial charge in [-0.3, -0.25) is 0 Å². The quantitative estimate of drug-likeness (QED) is 0.748. The Morgan fingerprint density at radius 1 is 1.50 bits per heavy atom. The molecule has 0 aromatic heterocycles. The summed E-state index contributed by atoms with van der Waals surface area (Å²) in [5.74, 6) is -1.82. The molecular weight excluding hydrogens is 204 g/mol. The first-order valence-corrected chi connectivity index (χ1v) is 5.19. The van der Waals surface area contributed by atoms with Crippen LogP contribution in [-0.4, -0.2) is 21.8 Å². The summed E-state index contributed by atoms with van der Waals surface area (Å²) in [4.78, 5) is 11.1. The van der Waals surface area contributed by atoms with Crippen molar-refractivity contribution >= 4 is 5.97 Å². The number of rotatable bonds is 5. The topological polar surface area (TPSA) is 57.5 Å². The molecule has 0 aliphatic carbocycles. The first-order valence-electron chi connectivity index (χ1n) is 5.19. The van der Waals surface area contributed by atoms with Crippen LogP contribution in [0.15, 0.2) is 43.0 Å². The summed E-state index contributed by atoms with van der Waals surface area (Å²) in [6.45, 7) is 5.26. The number of aliphatic carboxylic acids is 1. The highest BCUT2D eigenvalue weighted by molar-refractivity contribution is 5.79. The van der Waals surface area contributed by atoms with E-state index in [1.165, 1.54) is 6.08 Å². The molecule has 0 heterocycles. The van der Waals surface area contributed by atoms with E-state index in [4.69, 9.17) is 5.11 Å². The van der Waals surface area contributed by atoms with E-state index >= 15 is 0 Å². The molecule has 0 fully saturated rings. The largest absolute Gasteiger partial charge is 0.479 e. The molecule has 1 aromatic carbocycles. The molecule has 0 radical (unpaired) electrons. The molecule has 3 heteroatoms. The van der Waals surface area contributed by atoms with Crippen LogP contribution in [-0.2, 0) is 4.79 Å². The van der Waals surface area contributed by atoms with Gasteiger partial charge in [0.05, 0.1) is 0 Å². The molecular formula is C13H16O3. The summed E-state index contributed by atoms with van der Waals surface area (Å²) >= 11 is 0. The molecule has 2 N–H and O–H groups in total. The lowest BCUT2D eigenvalue weighted by Gasteiger charge is -2.29. The number of hydrogen-bond donors (Lipinski definition) is 2. The molecule has 0 saturated heterocycles. The number of carboxylic acid groups (broad SMARTS) is 1. The van der Waals surface area contributed by atoms with Crippen molar-refractivity contribution in [1.82, 2.24) is 0 Å². The number of carboxylic acids is 1. The van der Waals surface area contributed by atoms with Crippen LogP contribution in [0.3, 0.4) is 0 Å². The molecule has 3 nitrogen and oxygen atoms in total. The Balaban J connectivity index is 3.16. The molecule has 0 unspecified atom stereocenters. The van der Waals surface area contributed by atoms with Gasteiger partial charge in [0.2, 0.25) is 0 Å². The van der Waals surface area contributed by atoms with Gasteiger partial charge in [-0.05, 0) is 12.0 Å². The fraction of sp³-hybridized carbons (Fsp3) is 0.308. The first kappa shape index (κ1) is 12.5. The number of aliphatic hydroxyl groups is 1. The zero-order valence-corrected chi connectivity index (χ0v) is 9.26. The fourth-order valence-corrected chi connectivity index (χ4v) is 1.77. The smallest absolute Gasteiger partial charge is 0.336 e. The lowest BCUT2D eigenvalue weighted by Crippen LogP contribution is -2.43. The average Bonchev–Trinajstić information content (AvgIpc) is 2.30. The molecule has 0 spiro atoms. The lowest BCUT2D eigenvalue weighted by atomic mass is 9.80. The second-order valence-electron chi connectivity index (χ2n) is 3.71. The molecule has 0 amide bonds. The van der Waals surface area contributed by atoms with Crippen LogP contribution in [0.1, 0.15) is 24.8 Å². The minimum atomic E-state index is -1.79. The summed E-state index contributed by atoms with van der Waals surface area (Å²) in [5, 5.41) is 19.2. The predicted octanol–water partition coefficient (Wildman–Crippen LogP) is 2.18. The van der Waals surface area contributed by atoms with Crippen molar-refractivity contribution < 1.29 is 15.0 Å². The minimum Gasteiger partial charge on any atom is -0.479 e. The summed E-state index contributed by atoms with van der Waals surface area (Å²) < 4.78 is 0. The number of hydrogen-bond acceptors (Lipinski definition) is 2. The van der Waals surface area contributed by atoms with E-state index in [0.717, 1.165) is 5.56 Å². The van der Waals surface area contributed by atoms with E-state index in [9.17, 15) is 9.90 Å². The van der Waals surface area contributed by atoms with Crippen LogP contribution in [0.25, 0.3) is 0 Å². The fourth-order valence-electron chi connectivity index (χ4n) is 1.77. The standard InChI is InChI=1S/C13H16O3/c1-3-11(10-8-6-5-7-9-10)13(16,4-2)12(14)15/h3,5-9,11,16H,1,4H2,2H3,(H,14,15)/t11-,13-/m0/s1. The van der Waals surface area contributed by atoms with Crippen molar-refractivity contribution in [3.05, 3.63) is 48.6 Å². The normalized spacial score (nSPS) is 16.1. The maximum Gasteiger partial charge on any atom is 0.336 e. The van der Waals surface area contributed by atoms with Gasteiger partial charge in [0.15, 0.2) is 5.60 Å². The number of benzene rings is 1. The van der Waals surface area contributed by atoms with E-state index in [0.29, 0.717) is 0 Å². The third-order valence-electron chi connectivity index (χ3n) is 2.82. The van der Waals surface area contributed by atoms with Crippen LogP contribution in [0.4, 0.5) is 0 Å². The van der Waals surface area contributed by atoms with Gasteiger partial charge in [0.1, 0.15) is 0 Å². The molecule has 0 aliphatic heterocycles. The monoisotopic (exact) mass is 220 g/mol. The second kappa shape index (κ2) is 4.94. The third kappa shape index (κ3) is 2.14. The molecule has 16 heavy (non-hydrogen) atoms. The van der Waals surface area contributed by atoms with Crippen LogP contribution in [0, 0.1) is 0 Å². The molecule has 86 valence electrons. The van der Waals surface area contributed by atoms with Crippen molar-refractivity contribution in [3.63, 3.8) is 0 Å². The van der Waals surface area contributed by atoms with Crippen molar-refractivity contribution in [2.24, 2.45) is 0 Å². The highest BCUT2D eigenvalue weighted by Crippen LogP contribution is 2.32. The Hall–Kier alpha value is -1.61. The SMILES string of the molecule is C=C[C@@H](c1ccccc1)[C@@](O)(CC)C(=O)O. The second-order valence-corrected chi connectivity index (χ2v) is 3.71. The van der Waals surface area contributed by atoms with Gasteiger partial charge in [0, 0.05) is 5.92 Å². The summed E-state index contributed by atoms with van der Waals surface area (Å²) in [5.41, 5.74) is -1.03. The van der Waals surface area contributed by atoms with Gasteiger partial charge in [-0.15, -0.1) is 6.58 Å². The highest BCUT2D eigenvalue weighted by atomic mass is 16.4. The van der Waals surface area contributed by atoms with Gasteiger partial charge >= 0.3 is 5.97 Å². The molecule has 1 aromatic rings. The van der Waals surface area contributed by atoms with Crippen LogP contribution in [0.2, 0.25) is 0 Å². The maximum atomic E-state index is 11.1. The van der Waals surface area contributed by atoms with E-state index < -0.39 is 17.5 Å². The van der Waals surface area contributed by atoms with E-state index in [-0.39, 0.29) is 6.42 Å². The Bertz CT molecular complexity index is 372. The minimum absolute atomic E-state index is 0.133. The van der Waals surface area contributed by atoms with E-state index in [2.05, 4.69) is 6.58 Å². The van der Waals surface area contributed by atoms with E-state index in [1.54, 1.807) is 19.1 Å². The van der Waals surface area contributed by atoms with Crippen LogP contribution >= 0.6 is 0 Å². The van der Waals surface area contributed by atoms with E-state index in [1.807, 2.05) is 18.2 Å². The van der Waals surface area contributed by atoms with Crippen molar-refractivity contribution in [1.29, 1.82) is 0 Å². The summed E-state index contributed by atoms with van der Waals surface area (Å²) in [7, 11) is 0. The Kier molecular flexibility index (Phi) is 3.85. The Morgan fingerprint density at radius 2 is 2.06 bits per heavy atom. The zero-order chi connectivity index (χ0) is 12.2. The van der Waals surface area contributed by atoms with Gasteiger partial charge in [-0.1, -0.05) is 43.3 Å². The molecule has 0 saturated carbocycles. The maximum absolute atomic E-state index is 11.1. The predicted molar refractivity (Wildman–Crippen MR) is 62.3 cm³/mol. The van der Waals surface area contributed by atoms with Gasteiger partial charge in [-0.2, -0.15) is 0 Å². The molecule has 0 aliphatic rings.